The molecule has 4 N–H and O–H groups in total. The summed E-state index contributed by atoms with van der Waals surface area (Å²) >= 11 is 0. The predicted molar refractivity (Wildman–Crippen MR) is 243 cm³/mol. The Bertz CT molecular complexity index is 2570. The van der Waals surface area contributed by atoms with E-state index in [4.69, 9.17) is 33.7 Å². The van der Waals surface area contributed by atoms with Gasteiger partial charge in [0.15, 0.2) is 0 Å². The lowest BCUT2D eigenvalue weighted by molar-refractivity contribution is -0.140. The van der Waals surface area contributed by atoms with E-state index in [0.29, 0.717) is 44.2 Å². The fraction of sp³-hybridized carbons (Fsp3) is 0.500. The molecule has 0 radical (unpaired) electrons. The minimum atomic E-state index is -0.930. The molecule has 346 valence electrons. The van der Waals surface area contributed by atoms with Crippen LogP contribution in [0.15, 0.2) is 48.7 Å². The number of imidazole rings is 2. The Morgan fingerprint density at radius 3 is 2.46 bits per heavy atom. The zero-order chi connectivity index (χ0) is 46.1. The molecule has 0 spiro atoms. The Labute approximate surface area is 378 Å². The van der Waals surface area contributed by atoms with Gasteiger partial charge < -0.3 is 54.1 Å². The van der Waals surface area contributed by atoms with Crippen molar-refractivity contribution in [3.8, 4) is 28.1 Å². The van der Waals surface area contributed by atoms with Gasteiger partial charge in [-0.15, -0.1) is 0 Å². The van der Waals surface area contributed by atoms with Crippen LogP contribution in [-0.4, -0.2) is 120 Å². The van der Waals surface area contributed by atoms with Crippen LogP contribution in [0.3, 0.4) is 0 Å². The largest absolute Gasteiger partial charge is 0.488 e. The molecule has 2 saturated heterocycles. The summed E-state index contributed by atoms with van der Waals surface area (Å²) in [6.07, 6.45) is 2.91. The minimum Gasteiger partial charge on any atom is -0.488 e. The smallest absolute Gasteiger partial charge is 0.407 e. The summed E-state index contributed by atoms with van der Waals surface area (Å²) in [5, 5.41) is 7.39. The number of benzene rings is 3. The van der Waals surface area contributed by atoms with E-state index in [1.807, 2.05) is 31.7 Å². The number of hydrogen-bond acceptors (Lipinski definition) is 11. The molecule has 5 heterocycles. The number of alkyl carbamates (subject to hydrolysis) is 2. The molecule has 65 heavy (non-hydrogen) atoms. The van der Waals surface area contributed by atoms with Crippen molar-refractivity contribution in [1.82, 2.24) is 40.4 Å². The fourth-order valence-electron chi connectivity index (χ4n) is 9.85. The third-order valence-corrected chi connectivity index (χ3v) is 13.8. The fourth-order valence-corrected chi connectivity index (χ4v) is 9.85. The van der Waals surface area contributed by atoms with Gasteiger partial charge in [-0.3, -0.25) is 9.59 Å². The number of nitrogens with zero attached hydrogens (tertiary/aromatic N) is 4. The number of H-pyrrole nitrogens is 2. The average Bonchev–Trinajstić information content (AvgIpc) is 4.15. The van der Waals surface area contributed by atoms with Gasteiger partial charge in [0, 0.05) is 50.2 Å². The number of rotatable bonds is 14. The first-order valence-electron chi connectivity index (χ1n) is 22.5. The van der Waals surface area contributed by atoms with Gasteiger partial charge in [-0.25, -0.2) is 19.6 Å². The van der Waals surface area contributed by atoms with Crippen LogP contribution in [0.5, 0.6) is 5.75 Å². The Morgan fingerprint density at radius 2 is 1.72 bits per heavy atom. The summed E-state index contributed by atoms with van der Waals surface area (Å²) in [5.41, 5.74) is 6.50. The van der Waals surface area contributed by atoms with Gasteiger partial charge >= 0.3 is 12.2 Å². The van der Waals surface area contributed by atoms with E-state index in [0.717, 1.165) is 68.3 Å². The number of ether oxygens (including phenoxy) is 5. The molecule has 0 saturated carbocycles. The molecule has 8 atom stereocenters. The molecule has 3 aliphatic rings. The maximum Gasteiger partial charge on any atom is 0.407 e. The maximum atomic E-state index is 14.4. The van der Waals surface area contributed by atoms with Crippen LogP contribution < -0.4 is 15.4 Å². The van der Waals surface area contributed by atoms with E-state index in [-0.39, 0.29) is 48.3 Å². The number of aromatic nitrogens is 4. The number of carbonyl (C=O) groups excluding carboxylic acids is 4. The standard InChI is InChI=1S/C48H60N8O9/c1-9-25(2)35(20-50-47(59)63-7)45(57)55-22-28(23-61-5)16-39(55)44-51-36-14-12-29-18-34-32-13-11-30(17-31(32)24-65-40(34)19-33(29)42(36)53-44)37-21-49-43(52-37)38-15-10-26(3)56(38)46(58)41(27(4)62-6)54-48(60)64-8/h11-14,17-19,21,25-28,35,38-39,41H,9-10,15-16,20,22-24H2,1-8H3,(H,49,52)(H,50,59)(H,51,53)(H,54,60)/t25-,26-,27+,28-,35?,38-,39-,41?/m0/s1. The lowest BCUT2D eigenvalue weighted by Gasteiger charge is -2.33. The number of amides is 4. The van der Waals surface area contributed by atoms with Crippen LogP contribution in [0.1, 0.15) is 82.7 Å². The zero-order valence-electron chi connectivity index (χ0n) is 38.4. The van der Waals surface area contributed by atoms with Gasteiger partial charge in [0.2, 0.25) is 11.8 Å². The van der Waals surface area contributed by atoms with E-state index in [1.165, 1.54) is 21.3 Å². The summed E-state index contributed by atoms with van der Waals surface area (Å²) < 4.78 is 27.1. The van der Waals surface area contributed by atoms with E-state index in [2.05, 4.69) is 57.0 Å². The molecule has 3 aromatic carbocycles. The Balaban J connectivity index is 1.05. The van der Waals surface area contributed by atoms with E-state index in [1.54, 1.807) is 25.1 Å². The highest BCUT2D eigenvalue weighted by Crippen LogP contribution is 2.44. The molecule has 0 bridgehead atoms. The van der Waals surface area contributed by atoms with Crippen LogP contribution >= 0.6 is 0 Å². The van der Waals surface area contributed by atoms with Gasteiger partial charge in [0.05, 0.1) is 67.9 Å². The number of nitrogens with one attached hydrogen (secondary N) is 4. The van der Waals surface area contributed by atoms with Crippen LogP contribution in [0.2, 0.25) is 0 Å². The van der Waals surface area contributed by atoms with Crippen LogP contribution in [0, 0.1) is 17.8 Å². The van der Waals surface area contributed by atoms with Crippen molar-refractivity contribution in [3.05, 3.63) is 65.9 Å². The van der Waals surface area contributed by atoms with Crippen LogP contribution in [0.25, 0.3) is 44.2 Å². The number of aromatic amines is 2. The Kier molecular flexibility index (Phi) is 13.3. The first kappa shape index (κ1) is 45.4. The number of likely N-dealkylation sites (tertiary alicyclic amines) is 2. The van der Waals surface area contributed by atoms with Crippen molar-refractivity contribution in [2.45, 2.75) is 90.3 Å². The van der Waals surface area contributed by atoms with Gasteiger partial charge in [-0.1, -0.05) is 38.5 Å². The van der Waals surface area contributed by atoms with Crippen molar-refractivity contribution in [1.29, 1.82) is 0 Å². The molecule has 17 nitrogen and oxygen atoms in total. The quantitative estimate of drug-likeness (QED) is 0.0892. The van der Waals surface area contributed by atoms with Crippen molar-refractivity contribution >= 4 is 45.8 Å². The van der Waals surface area contributed by atoms with E-state index < -0.39 is 30.3 Å². The van der Waals surface area contributed by atoms with Gasteiger partial charge in [-0.2, -0.15) is 0 Å². The first-order chi connectivity index (χ1) is 31.4. The van der Waals surface area contributed by atoms with E-state index >= 15 is 0 Å². The molecule has 17 heteroatoms. The first-order valence-corrected chi connectivity index (χ1v) is 22.5. The monoisotopic (exact) mass is 892 g/mol. The normalized spacial score (nSPS) is 21.0. The minimum absolute atomic E-state index is 0.0264. The number of hydrogen-bond donors (Lipinski definition) is 4. The topological polar surface area (TPSA) is 202 Å². The highest BCUT2D eigenvalue weighted by Gasteiger charge is 2.43. The molecule has 4 amide bonds. The predicted octanol–water partition coefficient (Wildman–Crippen LogP) is 7.03. The van der Waals surface area contributed by atoms with Crippen molar-refractivity contribution in [2.24, 2.45) is 17.8 Å². The van der Waals surface area contributed by atoms with Crippen molar-refractivity contribution in [2.75, 3.05) is 48.1 Å². The second-order valence-electron chi connectivity index (χ2n) is 17.7. The number of fused-ring (bicyclic) bond motifs is 6. The molecular weight excluding hydrogens is 833 g/mol. The molecule has 5 aromatic rings. The molecule has 8 rings (SSSR count). The summed E-state index contributed by atoms with van der Waals surface area (Å²) in [5.74, 6) is 1.59. The molecule has 2 fully saturated rings. The molecule has 2 unspecified atom stereocenters. The second kappa shape index (κ2) is 19.1. The highest BCUT2D eigenvalue weighted by atomic mass is 16.5. The summed E-state index contributed by atoms with van der Waals surface area (Å²) in [6, 6.07) is 13.0. The highest BCUT2D eigenvalue weighted by molar-refractivity contribution is 6.07. The van der Waals surface area contributed by atoms with Gasteiger partial charge in [0.25, 0.3) is 0 Å². The van der Waals surface area contributed by atoms with Crippen LogP contribution in [-0.2, 0) is 35.1 Å². The van der Waals surface area contributed by atoms with Crippen LogP contribution in [0.4, 0.5) is 9.59 Å². The lowest BCUT2D eigenvalue weighted by Crippen LogP contribution is -2.55. The number of methoxy groups -OCH3 is 4. The maximum absolute atomic E-state index is 14.4. The van der Waals surface area contributed by atoms with Gasteiger partial charge in [0.1, 0.15) is 30.0 Å². The molecule has 0 aliphatic carbocycles. The van der Waals surface area contributed by atoms with Crippen molar-refractivity contribution in [3.63, 3.8) is 0 Å². The molecular formula is C48H60N8O9. The SMILES string of the molecule is CC[C@H](C)C(CNC(=O)OC)C(=O)N1C[C@@H](COC)C[C@H]1c1nc2ccc3cc4c(cc3c2[nH]1)OCc1cc(-c2cnc([C@@H]3CC[C@H](C)N3C(=O)C(NC(=O)OC)[C@@H](C)OC)[nH]2)ccc1-4. The summed E-state index contributed by atoms with van der Waals surface area (Å²) in [4.78, 5) is 73.2. The van der Waals surface area contributed by atoms with E-state index in [9.17, 15) is 19.2 Å². The number of carbonyl (C=O) groups is 4. The molecule has 2 aromatic heterocycles. The zero-order valence-corrected chi connectivity index (χ0v) is 38.4. The molecule has 3 aliphatic heterocycles. The average molecular weight is 893 g/mol. The lowest BCUT2D eigenvalue weighted by atomic mass is 9.90. The van der Waals surface area contributed by atoms with Crippen molar-refractivity contribution < 1.29 is 42.9 Å². The third-order valence-electron chi connectivity index (χ3n) is 13.8. The van der Waals surface area contributed by atoms with Gasteiger partial charge in [-0.05, 0) is 85.4 Å². The summed E-state index contributed by atoms with van der Waals surface area (Å²) in [6.45, 7) is 9.41. The Morgan fingerprint density at radius 1 is 0.923 bits per heavy atom. The third kappa shape index (κ3) is 8.83. The summed E-state index contributed by atoms with van der Waals surface area (Å²) in [7, 11) is 5.76. The Hall–Kier alpha value is -6.20. The second-order valence-corrected chi connectivity index (χ2v) is 17.7.